The van der Waals surface area contributed by atoms with Crippen LogP contribution in [0.25, 0.3) is 0 Å². The average molecular weight is 485 g/mol. The van der Waals surface area contributed by atoms with Crippen molar-refractivity contribution in [2.45, 2.75) is 38.6 Å². The van der Waals surface area contributed by atoms with Crippen LogP contribution in [0, 0.1) is 5.92 Å². The van der Waals surface area contributed by atoms with Gasteiger partial charge in [-0.2, -0.15) is 0 Å². The lowest BCUT2D eigenvalue weighted by molar-refractivity contribution is -0.137. The number of anilines is 1. The molecule has 2 aromatic carbocycles. The molecule has 0 saturated carbocycles. The summed E-state index contributed by atoms with van der Waals surface area (Å²) in [4.78, 5) is 30.5. The third kappa shape index (κ3) is 5.47. The molecular weight excluding hydrogens is 448 g/mol. The molecule has 8 nitrogen and oxygen atoms in total. The third-order valence-corrected chi connectivity index (χ3v) is 6.52. The van der Waals surface area contributed by atoms with Crippen molar-refractivity contribution in [3.8, 4) is 23.0 Å². The first-order valence-corrected chi connectivity index (χ1v) is 11.9. The summed E-state index contributed by atoms with van der Waals surface area (Å²) in [5, 5.41) is 0. The van der Waals surface area contributed by atoms with Crippen molar-refractivity contribution in [1.82, 2.24) is 4.90 Å². The summed E-state index contributed by atoms with van der Waals surface area (Å²) in [5.74, 6) is 1.59. The molecule has 0 N–H and O–H groups in total. The summed E-state index contributed by atoms with van der Waals surface area (Å²) in [7, 11) is 8.05. The van der Waals surface area contributed by atoms with Crippen molar-refractivity contribution in [3.63, 3.8) is 0 Å². The molecular formula is C27H36N2O6. The Balaban J connectivity index is 2.14. The van der Waals surface area contributed by atoms with Gasteiger partial charge in [0.2, 0.25) is 17.6 Å². The predicted molar refractivity (Wildman–Crippen MR) is 135 cm³/mol. The molecule has 35 heavy (non-hydrogen) atoms. The number of unbranched alkanes of at least 4 members (excludes halogenated alkanes) is 1. The number of nitrogens with zero attached hydrogens (tertiary/aromatic N) is 2. The van der Waals surface area contributed by atoms with Gasteiger partial charge in [-0.1, -0.05) is 25.5 Å². The largest absolute Gasteiger partial charge is 0.497 e. The SMILES string of the molecule is CCCCN(C)C(=O)[C@@H]1CCC(=O)N(c2cc(OC)c(OC)c(OC)c2)[C@@H]1c1ccc(OC)cc1. The number of carbonyl (C=O) groups excluding carboxylic acids is 2. The van der Waals surface area contributed by atoms with E-state index in [2.05, 4.69) is 6.92 Å². The molecule has 190 valence electrons. The molecule has 2 aromatic rings. The summed E-state index contributed by atoms with van der Waals surface area (Å²) in [6.45, 7) is 2.78. The van der Waals surface area contributed by atoms with Crippen LogP contribution in [0.15, 0.2) is 36.4 Å². The van der Waals surface area contributed by atoms with Crippen LogP contribution in [0.4, 0.5) is 5.69 Å². The maximum Gasteiger partial charge on any atom is 0.227 e. The van der Waals surface area contributed by atoms with Gasteiger partial charge in [0.1, 0.15) is 5.75 Å². The zero-order chi connectivity index (χ0) is 25.5. The van der Waals surface area contributed by atoms with Crippen LogP contribution >= 0.6 is 0 Å². The molecule has 3 rings (SSSR count). The van der Waals surface area contributed by atoms with E-state index in [-0.39, 0.29) is 18.2 Å². The second-order valence-electron chi connectivity index (χ2n) is 8.62. The molecule has 1 fully saturated rings. The highest BCUT2D eigenvalue weighted by molar-refractivity contribution is 5.98. The van der Waals surface area contributed by atoms with E-state index >= 15 is 0 Å². The quantitative estimate of drug-likeness (QED) is 0.495. The zero-order valence-electron chi connectivity index (χ0n) is 21.5. The summed E-state index contributed by atoms with van der Waals surface area (Å²) in [6, 6.07) is 10.5. The van der Waals surface area contributed by atoms with Gasteiger partial charge in [0.05, 0.1) is 46.1 Å². The Kier molecular flexibility index (Phi) is 8.84. The van der Waals surface area contributed by atoms with E-state index in [1.54, 1.807) is 29.0 Å². The van der Waals surface area contributed by atoms with E-state index in [1.165, 1.54) is 21.3 Å². The van der Waals surface area contributed by atoms with Crippen LogP contribution in [0.1, 0.15) is 44.2 Å². The number of carbonyl (C=O) groups is 2. The molecule has 0 radical (unpaired) electrons. The van der Waals surface area contributed by atoms with Crippen molar-refractivity contribution in [2.75, 3.05) is 46.9 Å². The van der Waals surface area contributed by atoms with Crippen molar-refractivity contribution < 1.29 is 28.5 Å². The van der Waals surface area contributed by atoms with Gasteiger partial charge < -0.3 is 28.7 Å². The highest BCUT2D eigenvalue weighted by atomic mass is 16.5. The molecule has 0 bridgehead atoms. The molecule has 1 heterocycles. The summed E-state index contributed by atoms with van der Waals surface area (Å²) < 4.78 is 21.9. The molecule has 0 aliphatic carbocycles. The third-order valence-electron chi connectivity index (χ3n) is 6.52. The Labute approximate surface area is 207 Å². The minimum Gasteiger partial charge on any atom is -0.497 e. The molecule has 1 aliphatic rings. The molecule has 1 saturated heterocycles. The normalized spacial score (nSPS) is 17.7. The Morgan fingerprint density at radius 2 is 1.63 bits per heavy atom. The van der Waals surface area contributed by atoms with Crippen molar-refractivity contribution in [1.29, 1.82) is 0 Å². The summed E-state index contributed by atoms with van der Waals surface area (Å²) in [5.41, 5.74) is 1.44. The van der Waals surface area contributed by atoms with E-state index in [0.717, 1.165) is 18.4 Å². The van der Waals surface area contributed by atoms with Gasteiger partial charge in [0, 0.05) is 32.1 Å². The maximum absolute atomic E-state index is 13.6. The lowest BCUT2D eigenvalue weighted by Crippen LogP contribution is -2.48. The van der Waals surface area contributed by atoms with Crippen LogP contribution in [0.3, 0.4) is 0 Å². The Bertz CT molecular complexity index is 998. The topological polar surface area (TPSA) is 77.5 Å². The van der Waals surface area contributed by atoms with Gasteiger partial charge in [-0.25, -0.2) is 0 Å². The van der Waals surface area contributed by atoms with Gasteiger partial charge in [-0.15, -0.1) is 0 Å². The Morgan fingerprint density at radius 3 is 2.14 bits per heavy atom. The number of ether oxygens (including phenoxy) is 4. The fourth-order valence-corrected chi connectivity index (χ4v) is 4.63. The number of benzene rings is 2. The van der Waals surface area contributed by atoms with Gasteiger partial charge in [-0.3, -0.25) is 9.59 Å². The lowest BCUT2D eigenvalue weighted by Gasteiger charge is -2.42. The first-order valence-electron chi connectivity index (χ1n) is 11.9. The predicted octanol–water partition coefficient (Wildman–Crippen LogP) is 4.46. The molecule has 0 aromatic heterocycles. The number of piperidine rings is 1. The minimum atomic E-state index is -0.499. The number of rotatable bonds is 10. The van der Waals surface area contributed by atoms with Crippen molar-refractivity contribution in [2.24, 2.45) is 5.92 Å². The minimum absolute atomic E-state index is 0.0317. The van der Waals surface area contributed by atoms with Gasteiger partial charge in [0.15, 0.2) is 11.5 Å². The first-order chi connectivity index (χ1) is 16.9. The molecule has 2 amide bonds. The highest BCUT2D eigenvalue weighted by Crippen LogP contribution is 2.46. The van der Waals surface area contributed by atoms with E-state index in [1.807, 2.05) is 31.3 Å². The van der Waals surface area contributed by atoms with Gasteiger partial charge >= 0.3 is 0 Å². The monoisotopic (exact) mass is 484 g/mol. The second-order valence-corrected chi connectivity index (χ2v) is 8.62. The second kappa shape index (κ2) is 11.8. The van der Waals surface area contributed by atoms with E-state index < -0.39 is 12.0 Å². The van der Waals surface area contributed by atoms with E-state index in [4.69, 9.17) is 18.9 Å². The van der Waals surface area contributed by atoms with E-state index in [0.29, 0.717) is 41.7 Å². The summed E-state index contributed by atoms with van der Waals surface area (Å²) in [6.07, 6.45) is 2.67. The van der Waals surface area contributed by atoms with Crippen LogP contribution in [-0.2, 0) is 9.59 Å². The highest BCUT2D eigenvalue weighted by Gasteiger charge is 2.43. The van der Waals surface area contributed by atoms with Crippen LogP contribution in [-0.4, -0.2) is 58.7 Å². The fraction of sp³-hybridized carbons (Fsp3) is 0.481. The fourth-order valence-electron chi connectivity index (χ4n) is 4.63. The van der Waals surface area contributed by atoms with Gasteiger partial charge in [0.25, 0.3) is 0 Å². The van der Waals surface area contributed by atoms with E-state index in [9.17, 15) is 9.59 Å². The molecule has 0 spiro atoms. The molecule has 8 heteroatoms. The molecule has 0 unspecified atom stereocenters. The van der Waals surface area contributed by atoms with Gasteiger partial charge in [-0.05, 0) is 30.5 Å². The van der Waals surface area contributed by atoms with Crippen LogP contribution in [0.5, 0.6) is 23.0 Å². The first kappa shape index (κ1) is 26.2. The standard InChI is InChI=1S/C27H36N2O6/c1-7-8-15-28(2)27(31)21-13-14-24(30)29(25(21)18-9-11-20(32-3)12-10-18)19-16-22(33-4)26(35-6)23(17-19)34-5/h9-12,16-17,21,25H,7-8,13-15H2,1-6H3/t21-,25-/m1/s1. The summed E-state index contributed by atoms with van der Waals surface area (Å²) >= 11 is 0. The average Bonchev–Trinajstić information content (AvgIpc) is 2.90. The van der Waals surface area contributed by atoms with Crippen molar-refractivity contribution in [3.05, 3.63) is 42.0 Å². The molecule has 2 atom stereocenters. The van der Waals surface area contributed by atoms with Crippen molar-refractivity contribution >= 4 is 17.5 Å². The maximum atomic E-state index is 13.6. The van der Waals surface area contributed by atoms with Crippen LogP contribution in [0.2, 0.25) is 0 Å². The zero-order valence-corrected chi connectivity index (χ0v) is 21.5. The number of amides is 2. The Hall–Kier alpha value is -3.42. The Morgan fingerprint density at radius 1 is 1.00 bits per heavy atom. The van der Waals surface area contributed by atoms with Crippen LogP contribution < -0.4 is 23.8 Å². The lowest BCUT2D eigenvalue weighted by atomic mass is 9.82. The molecule has 1 aliphatic heterocycles. The number of hydrogen-bond donors (Lipinski definition) is 0. The number of hydrogen-bond acceptors (Lipinski definition) is 6. The number of methoxy groups -OCH3 is 4. The smallest absolute Gasteiger partial charge is 0.227 e.